The van der Waals surface area contributed by atoms with Crippen LogP contribution >= 0.6 is 33.2 Å². The third kappa shape index (κ3) is 3.57. The molecule has 0 radical (unpaired) electrons. The van der Waals surface area contributed by atoms with Crippen LogP contribution in [0.1, 0.15) is 13.3 Å². The second kappa shape index (κ2) is 5.19. The zero-order valence-electron chi connectivity index (χ0n) is 7.60. The molecule has 1 unspecified atom stereocenters. The van der Waals surface area contributed by atoms with Crippen molar-refractivity contribution in [2.75, 3.05) is 26.3 Å². The number of nitrogens with zero attached hydrogens (tertiary/aromatic N) is 1. The van der Waals surface area contributed by atoms with Gasteiger partial charge in [-0.05, 0) is 6.42 Å². The highest BCUT2D eigenvalue weighted by Gasteiger charge is 2.39. The summed E-state index contributed by atoms with van der Waals surface area (Å²) in [6.45, 7) is 5.35. The van der Waals surface area contributed by atoms with Crippen LogP contribution in [0.3, 0.4) is 0 Å². The minimum atomic E-state index is -2.59. The molecule has 0 N–H and O–H groups in total. The van der Waals surface area contributed by atoms with E-state index in [1.54, 1.807) is 0 Å². The van der Waals surface area contributed by atoms with Crippen molar-refractivity contribution in [2.45, 2.75) is 19.0 Å². The van der Waals surface area contributed by atoms with Crippen molar-refractivity contribution in [1.29, 1.82) is 0 Å². The smallest absolute Gasteiger partial charge is 0.357 e. The third-order valence-electron chi connectivity index (χ3n) is 2.25. The molecule has 0 saturated carbocycles. The van der Waals surface area contributed by atoms with E-state index in [-0.39, 0.29) is 5.67 Å². The molecule has 1 atom stereocenters. The molecule has 1 aliphatic heterocycles. The maximum Gasteiger partial charge on any atom is 0.357 e. The van der Waals surface area contributed by atoms with Gasteiger partial charge in [-0.15, -0.1) is 33.2 Å². The van der Waals surface area contributed by atoms with Crippen molar-refractivity contribution in [3.8, 4) is 0 Å². The van der Waals surface area contributed by atoms with Gasteiger partial charge in [0.25, 0.3) is 0 Å². The molecule has 0 aromatic heterocycles. The minimum absolute atomic E-state index is 0.140. The number of halogens is 3. The van der Waals surface area contributed by atoms with Gasteiger partial charge in [0, 0.05) is 18.8 Å². The van der Waals surface area contributed by atoms with Gasteiger partial charge in [0.2, 0.25) is 0 Å². The fourth-order valence-electron chi connectivity index (χ4n) is 1.59. The van der Waals surface area contributed by atoms with Gasteiger partial charge in [-0.2, -0.15) is 0 Å². The van der Waals surface area contributed by atoms with E-state index in [1.165, 1.54) is 0 Å². The first-order valence-electron chi connectivity index (χ1n) is 4.44. The molecule has 0 bridgehead atoms. The molecule has 6 heteroatoms. The Hall–Kier alpha value is 1.01. The first-order chi connectivity index (χ1) is 6.05. The van der Waals surface area contributed by atoms with Crippen LogP contribution < -0.4 is 0 Å². The lowest BCUT2D eigenvalue weighted by Gasteiger charge is -2.36. The average molecular weight is 263 g/mol. The zero-order chi connectivity index (χ0) is 9.90. The molecule has 1 rings (SSSR count). The molecule has 2 nitrogen and oxygen atoms in total. The van der Waals surface area contributed by atoms with Crippen molar-refractivity contribution in [3.05, 3.63) is 0 Å². The number of hydrogen-bond donors (Lipinski definition) is 0. The molecule has 1 saturated heterocycles. The summed E-state index contributed by atoms with van der Waals surface area (Å²) in [7, 11) is 0. The number of rotatable bonds is 3. The summed E-state index contributed by atoms with van der Waals surface area (Å²) >= 11 is 18.1. The maximum absolute atomic E-state index is 6.02. The van der Waals surface area contributed by atoms with Crippen LogP contribution in [-0.4, -0.2) is 42.9 Å². The largest absolute Gasteiger partial charge is 0.379 e. The highest BCUT2D eigenvalue weighted by Crippen LogP contribution is 2.30. The van der Waals surface area contributed by atoms with Crippen LogP contribution in [0.15, 0.2) is 0 Å². The van der Waals surface area contributed by atoms with E-state index in [2.05, 4.69) is 11.8 Å². The van der Waals surface area contributed by atoms with Gasteiger partial charge in [-0.1, -0.05) is 6.92 Å². The van der Waals surface area contributed by atoms with Crippen LogP contribution in [-0.2, 0) is 4.74 Å². The molecule has 1 heterocycles. The van der Waals surface area contributed by atoms with Crippen molar-refractivity contribution in [2.24, 2.45) is 0 Å². The molecule has 78 valence electrons. The average Bonchev–Trinajstić information content (AvgIpc) is 2.05. The highest BCUT2D eigenvalue weighted by molar-refractivity contribution is 7.65. The Balaban J connectivity index is 2.54. The quantitative estimate of drug-likeness (QED) is 0.572. The Bertz CT molecular complexity index is 158. The summed E-state index contributed by atoms with van der Waals surface area (Å²) in [4.78, 5) is 2.24. The van der Waals surface area contributed by atoms with E-state index >= 15 is 0 Å². The van der Waals surface area contributed by atoms with E-state index in [9.17, 15) is 0 Å². The van der Waals surface area contributed by atoms with Crippen molar-refractivity contribution in [3.63, 3.8) is 0 Å². The van der Waals surface area contributed by atoms with Gasteiger partial charge in [-0.3, -0.25) is 4.90 Å². The fraction of sp³-hybridized carbons (Fsp3) is 1.00. The minimum Gasteiger partial charge on any atom is -0.379 e. The summed E-state index contributed by atoms with van der Waals surface area (Å²) in [5, 5.41) is 0. The second-order valence-electron chi connectivity index (χ2n) is 3.11. The molecule has 0 aromatic carbocycles. The van der Waals surface area contributed by atoms with Crippen LogP contribution in [0.5, 0.6) is 0 Å². The molecule has 0 spiro atoms. The van der Waals surface area contributed by atoms with Gasteiger partial charge in [0.15, 0.2) is 0 Å². The number of morpholine rings is 1. The molecular weight excluding hydrogens is 249 g/mol. The first kappa shape index (κ1) is 12.1. The lowest BCUT2D eigenvalue weighted by atomic mass is 10.3. The molecule has 1 aliphatic rings. The normalized spacial score (nSPS) is 23.1. The zero-order valence-corrected chi connectivity index (χ0v) is 10.9. The van der Waals surface area contributed by atoms with Crippen molar-refractivity contribution in [1.82, 2.24) is 4.90 Å². The number of ether oxygens (including phenoxy) is 1. The van der Waals surface area contributed by atoms with Gasteiger partial charge >= 0.3 is 6.00 Å². The third-order valence-corrected chi connectivity index (χ3v) is 6.05. The molecule has 13 heavy (non-hydrogen) atoms. The van der Waals surface area contributed by atoms with E-state index < -0.39 is 6.00 Å². The predicted molar refractivity (Wildman–Crippen MR) is 59.8 cm³/mol. The van der Waals surface area contributed by atoms with Gasteiger partial charge in [0.05, 0.1) is 13.2 Å². The fourth-order valence-corrected chi connectivity index (χ4v) is 5.35. The topological polar surface area (TPSA) is 12.5 Å². The Morgan fingerprint density at radius 1 is 1.31 bits per heavy atom. The van der Waals surface area contributed by atoms with Crippen LogP contribution in [0, 0.1) is 0 Å². The van der Waals surface area contributed by atoms with E-state index in [0.29, 0.717) is 0 Å². The summed E-state index contributed by atoms with van der Waals surface area (Å²) in [5.41, 5.74) is 0.140. The lowest BCUT2D eigenvalue weighted by molar-refractivity contribution is 0.0300. The van der Waals surface area contributed by atoms with Crippen molar-refractivity contribution >= 4 is 39.2 Å². The Morgan fingerprint density at radius 2 is 1.85 bits per heavy atom. The Morgan fingerprint density at radius 3 is 2.23 bits per heavy atom. The van der Waals surface area contributed by atoms with Gasteiger partial charge in [0.1, 0.15) is 0 Å². The van der Waals surface area contributed by atoms with E-state index in [0.717, 1.165) is 32.7 Å². The highest BCUT2D eigenvalue weighted by atomic mass is 35.8. The summed E-state index contributed by atoms with van der Waals surface area (Å²) < 4.78 is 5.25. The molecule has 0 aromatic rings. The van der Waals surface area contributed by atoms with E-state index in [4.69, 9.17) is 38.0 Å². The van der Waals surface area contributed by atoms with Crippen LogP contribution in [0.2, 0.25) is 0 Å². The molecule has 0 amide bonds. The SMILES string of the molecule is CCC(N1CCOCC1)[Si](Cl)(Cl)Cl. The summed E-state index contributed by atoms with van der Waals surface area (Å²) in [5.74, 6) is 0. The predicted octanol–water partition coefficient (Wildman–Crippen LogP) is 2.29. The number of hydrogen-bond acceptors (Lipinski definition) is 2. The summed E-state index contributed by atoms with van der Waals surface area (Å²) in [6.07, 6.45) is 0.905. The lowest BCUT2D eigenvalue weighted by Crippen LogP contribution is -2.51. The Labute approximate surface area is 94.2 Å². The molecular formula is C7H14Cl3NOSi. The molecule has 0 aliphatic carbocycles. The van der Waals surface area contributed by atoms with Gasteiger partial charge in [-0.25, -0.2) is 0 Å². The first-order valence-corrected chi connectivity index (χ1v) is 9.55. The van der Waals surface area contributed by atoms with Gasteiger partial charge < -0.3 is 4.74 Å². The second-order valence-corrected chi connectivity index (χ2v) is 12.0. The molecule has 1 fully saturated rings. The van der Waals surface area contributed by atoms with Crippen LogP contribution in [0.4, 0.5) is 0 Å². The van der Waals surface area contributed by atoms with Crippen molar-refractivity contribution < 1.29 is 4.74 Å². The Kier molecular flexibility index (Phi) is 4.82. The standard InChI is InChI=1S/C7H14Cl3NOSi/c1-2-7(13(8,9)10)11-3-5-12-6-4-11/h7H,2-6H2,1H3. The van der Waals surface area contributed by atoms with E-state index in [1.807, 2.05) is 0 Å². The maximum atomic E-state index is 6.02. The van der Waals surface area contributed by atoms with Crippen LogP contribution in [0.25, 0.3) is 0 Å². The monoisotopic (exact) mass is 261 g/mol. The summed E-state index contributed by atoms with van der Waals surface area (Å²) in [6, 6.07) is -2.59.